The van der Waals surface area contributed by atoms with E-state index in [1.54, 1.807) is 6.07 Å². The van der Waals surface area contributed by atoms with Crippen LogP contribution in [-0.2, 0) is 10.0 Å². The summed E-state index contributed by atoms with van der Waals surface area (Å²) in [7, 11) is -3.77. The molecule has 0 aliphatic carbocycles. The van der Waals surface area contributed by atoms with Crippen molar-refractivity contribution < 1.29 is 8.42 Å². The molecule has 1 aromatic carbocycles. The zero-order valence-corrected chi connectivity index (χ0v) is 12.5. The zero-order chi connectivity index (χ0) is 13.9. The quantitative estimate of drug-likeness (QED) is 0.876. The van der Waals surface area contributed by atoms with E-state index in [-0.39, 0.29) is 33.4 Å². The normalized spacial score (nSPS) is 13.9. The summed E-state index contributed by atoms with van der Waals surface area (Å²) in [5.74, 6) is 0.0750. The third-order valence-corrected chi connectivity index (χ3v) is 5.00. The Labute approximate surface area is 118 Å². The van der Waals surface area contributed by atoms with E-state index < -0.39 is 10.0 Å². The number of benzene rings is 1. The van der Waals surface area contributed by atoms with E-state index >= 15 is 0 Å². The molecule has 1 atom stereocenters. The minimum Gasteiger partial charge on any atom is -0.329 e. The number of nitrogens with two attached hydrogens (primary N) is 1. The van der Waals surface area contributed by atoms with Crippen LogP contribution in [0.5, 0.6) is 0 Å². The van der Waals surface area contributed by atoms with Gasteiger partial charge in [-0.25, -0.2) is 13.1 Å². The molecule has 0 radical (unpaired) electrons. The van der Waals surface area contributed by atoms with Crippen molar-refractivity contribution in [2.45, 2.75) is 24.8 Å². The molecule has 1 unspecified atom stereocenters. The smallest absolute Gasteiger partial charge is 0.243 e. The lowest BCUT2D eigenvalue weighted by Gasteiger charge is -2.21. The fourth-order valence-electron chi connectivity index (χ4n) is 1.45. The summed E-state index contributed by atoms with van der Waals surface area (Å²) in [6.07, 6.45) is 0. The van der Waals surface area contributed by atoms with Crippen LogP contribution in [0.25, 0.3) is 0 Å². The predicted molar refractivity (Wildman–Crippen MR) is 74.5 cm³/mol. The summed E-state index contributed by atoms with van der Waals surface area (Å²) in [4.78, 5) is -0.104. The average molecular weight is 311 g/mol. The minimum absolute atomic E-state index is 0.0750. The zero-order valence-electron chi connectivity index (χ0n) is 10.2. The van der Waals surface area contributed by atoms with Crippen LogP contribution in [0.1, 0.15) is 13.8 Å². The molecule has 1 aromatic rings. The average Bonchev–Trinajstić information content (AvgIpc) is 2.25. The first kappa shape index (κ1) is 15.7. The third kappa shape index (κ3) is 3.59. The molecule has 18 heavy (non-hydrogen) atoms. The molecule has 0 aliphatic heterocycles. The van der Waals surface area contributed by atoms with Crippen molar-refractivity contribution in [3.05, 3.63) is 28.2 Å². The highest BCUT2D eigenvalue weighted by Crippen LogP contribution is 2.29. The maximum atomic E-state index is 12.2. The molecule has 0 amide bonds. The van der Waals surface area contributed by atoms with Gasteiger partial charge >= 0.3 is 0 Å². The fraction of sp³-hybridized carbons (Fsp3) is 0.455. The van der Waals surface area contributed by atoms with Crippen LogP contribution in [0.4, 0.5) is 0 Å². The van der Waals surface area contributed by atoms with Crippen molar-refractivity contribution in [3.63, 3.8) is 0 Å². The molecule has 0 aliphatic rings. The third-order valence-electron chi connectivity index (χ3n) is 2.55. The van der Waals surface area contributed by atoms with Gasteiger partial charge in [0.05, 0.1) is 10.0 Å². The van der Waals surface area contributed by atoms with Crippen molar-refractivity contribution in [1.29, 1.82) is 0 Å². The van der Waals surface area contributed by atoms with Crippen LogP contribution in [-0.4, -0.2) is 21.0 Å². The summed E-state index contributed by atoms with van der Waals surface area (Å²) >= 11 is 11.8. The van der Waals surface area contributed by atoms with Gasteiger partial charge in [0, 0.05) is 12.6 Å². The monoisotopic (exact) mass is 310 g/mol. The number of halogens is 2. The highest BCUT2D eigenvalue weighted by atomic mass is 35.5. The fourth-order valence-corrected chi connectivity index (χ4v) is 4.00. The Morgan fingerprint density at radius 3 is 2.17 bits per heavy atom. The first-order valence-electron chi connectivity index (χ1n) is 5.46. The van der Waals surface area contributed by atoms with Crippen LogP contribution >= 0.6 is 23.2 Å². The van der Waals surface area contributed by atoms with Crippen molar-refractivity contribution in [2.75, 3.05) is 6.54 Å². The Balaban J connectivity index is 3.15. The summed E-state index contributed by atoms with van der Waals surface area (Å²) in [5.41, 5.74) is 5.54. The standard InChI is InChI=1S/C11H16Cl2N2O2S/c1-7(2)10(6-14)15-18(16,17)11-8(12)4-3-5-9(11)13/h3-5,7,10,15H,6,14H2,1-2H3. The molecular formula is C11H16Cl2N2O2S. The molecule has 0 saturated carbocycles. The Bertz CT molecular complexity index is 498. The molecule has 0 bridgehead atoms. The number of nitrogens with one attached hydrogen (secondary N) is 1. The van der Waals surface area contributed by atoms with Crippen LogP contribution in [0, 0.1) is 5.92 Å². The Hall–Kier alpha value is -0.330. The number of hydrogen-bond donors (Lipinski definition) is 2. The Morgan fingerprint density at radius 1 is 1.28 bits per heavy atom. The van der Waals surface area contributed by atoms with Gasteiger partial charge in [-0.15, -0.1) is 0 Å². The van der Waals surface area contributed by atoms with E-state index in [9.17, 15) is 8.42 Å². The maximum Gasteiger partial charge on any atom is 0.243 e. The van der Waals surface area contributed by atoms with E-state index in [1.807, 2.05) is 13.8 Å². The highest BCUT2D eigenvalue weighted by Gasteiger charge is 2.25. The second kappa shape index (κ2) is 6.21. The molecular weight excluding hydrogens is 295 g/mol. The minimum atomic E-state index is -3.77. The molecule has 7 heteroatoms. The SMILES string of the molecule is CC(C)C(CN)NS(=O)(=O)c1c(Cl)cccc1Cl. The van der Waals surface area contributed by atoms with Gasteiger partial charge in [0.15, 0.2) is 0 Å². The van der Waals surface area contributed by atoms with Crippen molar-refractivity contribution in [2.24, 2.45) is 11.7 Å². The van der Waals surface area contributed by atoms with E-state index in [0.29, 0.717) is 0 Å². The topological polar surface area (TPSA) is 72.2 Å². The summed E-state index contributed by atoms with van der Waals surface area (Å²) in [6, 6.07) is 4.19. The Kier molecular flexibility index (Phi) is 5.43. The number of sulfonamides is 1. The second-order valence-corrected chi connectivity index (χ2v) is 6.72. The molecule has 4 nitrogen and oxygen atoms in total. The lowest BCUT2D eigenvalue weighted by molar-refractivity contribution is 0.455. The Morgan fingerprint density at radius 2 is 1.78 bits per heavy atom. The summed E-state index contributed by atoms with van der Waals surface area (Å²) < 4.78 is 26.9. The van der Waals surface area contributed by atoms with Crippen LogP contribution in [0.3, 0.4) is 0 Å². The van der Waals surface area contributed by atoms with E-state index in [1.165, 1.54) is 12.1 Å². The van der Waals surface area contributed by atoms with Gasteiger partial charge in [0.25, 0.3) is 0 Å². The number of hydrogen-bond acceptors (Lipinski definition) is 3. The van der Waals surface area contributed by atoms with Gasteiger partial charge in [0.1, 0.15) is 4.90 Å². The van der Waals surface area contributed by atoms with E-state index in [2.05, 4.69) is 4.72 Å². The van der Waals surface area contributed by atoms with Gasteiger partial charge < -0.3 is 5.73 Å². The summed E-state index contributed by atoms with van der Waals surface area (Å²) in [5, 5.41) is 0.184. The highest BCUT2D eigenvalue weighted by molar-refractivity contribution is 7.89. The first-order chi connectivity index (χ1) is 8.29. The van der Waals surface area contributed by atoms with E-state index in [0.717, 1.165) is 0 Å². The summed E-state index contributed by atoms with van der Waals surface area (Å²) in [6.45, 7) is 3.97. The largest absolute Gasteiger partial charge is 0.329 e. The second-order valence-electron chi connectivity index (χ2n) is 4.26. The molecule has 0 spiro atoms. The van der Waals surface area contributed by atoms with Crippen molar-refractivity contribution >= 4 is 33.2 Å². The van der Waals surface area contributed by atoms with Crippen molar-refractivity contribution in [1.82, 2.24) is 4.72 Å². The van der Waals surface area contributed by atoms with Gasteiger partial charge in [-0.2, -0.15) is 0 Å². The van der Waals surface area contributed by atoms with Gasteiger partial charge in [-0.3, -0.25) is 0 Å². The predicted octanol–water partition coefficient (Wildman–Crippen LogP) is 2.25. The molecule has 102 valence electrons. The lowest BCUT2D eigenvalue weighted by atomic mass is 10.1. The van der Waals surface area contributed by atoms with Crippen LogP contribution in [0.2, 0.25) is 10.0 Å². The first-order valence-corrected chi connectivity index (χ1v) is 7.70. The van der Waals surface area contributed by atoms with Crippen molar-refractivity contribution in [3.8, 4) is 0 Å². The van der Waals surface area contributed by atoms with Crippen LogP contribution < -0.4 is 10.5 Å². The van der Waals surface area contributed by atoms with Crippen LogP contribution in [0.15, 0.2) is 23.1 Å². The number of rotatable bonds is 5. The van der Waals surface area contributed by atoms with Gasteiger partial charge in [-0.1, -0.05) is 43.1 Å². The molecule has 0 saturated heterocycles. The lowest BCUT2D eigenvalue weighted by Crippen LogP contribution is -2.43. The maximum absolute atomic E-state index is 12.2. The van der Waals surface area contributed by atoms with Gasteiger partial charge in [-0.05, 0) is 18.1 Å². The van der Waals surface area contributed by atoms with Gasteiger partial charge in [0.2, 0.25) is 10.0 Å². The van der Waals surface area contributed by atoms with E-state index in [4.69, 9.17) is 28.9 Å². The molecule has 3 N–H and O–H groups in total. The molecule has 1 rings (SSSR count). The molecule has 0 aromatic heterocycles. The molecule has 0 heterocycles. The molecule has 0 fully saturated rings.